The van der Waals surface area contributed by atoms with E-state index in [9.17, 15) is 4.79 Å². The van der Waals surface area contributed by atoms with Gasteiger partial charge in [0.05, 0.1) is 11.1 Å². The van der Waals surface area contributed by atoms with Gasteiger partial charge < -0.3 is 10.6 Å². The first-order valence-corrected chi connectivity index (χ1v) is 6.39. The highest BCUT2D eigenvalue weighted by atomic mass is 16.2. The van der Waals surface area contributed by atoms with Gasteiger partial charge in [-0.1, -0.05) is 32.0 Å². The van der Waals surface area contributed by atoms with Crippen molar-refractivity contribution in [2.24, 2.45) is 5.92 Å². The highest BCUT2D eigenvalue weighted by Gasteiger charge is 2.16. The summed E-state index contributed by atoms with van der Waals surface area (Å²) in [5.74, 6) is 0.790. The predicted molar refractivity (Wildman–Crippen MR) is 78.0 cm³/mol. The molecule has 0 aliphatic heterocycles. The second-order valence-corrected chi connectivity index (χ2v) is 5.19. The Labute approximate surface area is 113 Å². The third-order valence-electron chi connectivity index (χ3n) is 2.95. The van der Waals surface area contributed by atoms with Crippen molar-refractivity contribution in [3.8, 4) is 0 Å². The molecule has 1 aromatic heterocycles. The average molecular weight is 257 g/mol. The summed E-state index contributed by atoms with van der Waals surface area (Å²) in [6.45, 7) is 4.89. The molecule has 0 aliphatic rings. The van der Waals surface area contributed by atoms with Gasteiger partial charge in [-0.2, -0.15) is 0 Å². The van der Waals surface area contributed by atoms with Crippen molar-refractivity contribution in [1.29, 1.82) is 0 Å². The summed E-state index contributed by atoms with van der Waals surface area (Å²) in [6.07, 6.45) is 0. The molecule has 0 atom stereocenters. The number of rotatable bonds is 3. The molecule has 0 bridgehead atoms. The molecule has 0 saturated carbocycles. The number of carbonyl (C=O) groups excluding carboxylic acids is 1. The molecule has 2 N–H and O–H groups in total. The van der Waals surface area contributed by atoms with E-state index in [2.05, 4.69) is 18.8 Å². The monoisotopic (exact) mass is 257 g/mol. The number of hydrogen-bond donors (Lipinski definition) is 1. The first-order valence-electron chi connectivity index (χ1n) is 6.39. The third kappa shape index (κ3) is 2.84. The molecule has 100 valence electrons. The minimum Gasteiger partial charge on any atom is -0.384 e. The summed E-state index contributed by atoms with van der Waals surface area (Å²) in [5.41, 5.74) is 7.15. The smallest absolute Gasteiger partial charge is 0.254 e. The third-order valence-corrected chi connectivity index (χ3v) is 2.95. The second-order valence-electron chi connectivity index (χ2n) is 5.19. The van der Waals surface area contributed by atoms with E-state index >= 15 is 0 Å². The van der Waals surface area contributed by atoms with Gasteiger partial charge in [-0.3, -0.25) is 4.79 Å². The summed E-state index contributed by atoms with van der Waals surface area (Å²) < 4.78 is 0. The summed E-state index contributed by atoms with van der Waals surface area (Å²) in [5, 5.41) is 0.845. The Balaban J connectivity index is 2.47. The molecule has 4 heteroatoms. The van der Waals surface area contributed by atoms with E-state index in [0.29, 0.717) is 17.3 Å². The summed E-state index contributed by atoms with van der Waals surface area (Å²) >= 11 is 0. The van der Waals surface area contributed by atoms with E-state index in [1.165, 1.54) is 0 Å². The molecule has 0 saturated heterocycles. The van der Waals surface area contributed by atoms with Crippen LogP contribution in [0.15, 0.2) is 30.3 Å². The van der Waals surface area contributed by atoms with Gasteiger partial charge in [-0.15, -0.1) is 0 Å². The molecule has 2 aromatic rings. The average Bonchev–Trinajstić information content (AvgIpc) is 2.36. The lowest BCUT2D eigenvalue weighted by atomic mass is 10.1. The number of nitrogens with zero attached hydrogens (tertiary/aromatic N) is 2. The van der Waals surface area contributed by atoms with Crippen LogP contribution < -0.4 is 5.73 Å². The largest absolute Gasteiger partial charge is 0.384 e. The maximum absolute atomic E-state index is 12.5. The molecule has 0 unspecified atom stereocenters. The fourth-order valence-corrected chi connectivity index (χ4v) is 2.21. The highest BCUT2D eigenvalue weighted by Crippen LogP contribution is 2.20. The Hall–Kier alpha value is -2.10. The maximum atomic E-state index is 12.5. The van der Waals surface area contributed by atoms with Crippen LogP contribution in [0.5, 0.6) is 0 Å². The number of pyridine rings is 1. The zero-order valence-corrected chi connectivity index (χ0v) is 11.6. The van der Waals surface area contributed by atoms with Gasteiger partial charge in [-0.05, 0) is 18.1 Å². The fourth-order valence-electron chi connectivity index (χ4n) is 2.21. The van der Waals surface area contributed by atoms with Crippen LogP contribution in [-0.4, -0.2) is 29.4 Å². The number of para-hydroxylation sites is 1. The number of amides is 1. The van der Waals surface area contributed by atoms with Crippen LogP contribution >= 0.6 is 0 Å². The van der Waals surface area contributed by atoms with Gasteiger partial charge in [0, 0.05) is 19.0 Å². The zero-order chi connectivity index (χ0) is 14.0. The lowest BCUT2D eigenvalue weighted by Crippen LogP contribution is -2.30. The summed E-state index contributed by atoms with van der Waals surface area (Å²) in [6, 6.07) is 9.21. The minimum absolute atomic E-state index is 0.0148. The number of anilines is 1. The Bertz CT molecular complexity index is 607. The van der Waals surface area contributed by atoms with Crippen LogP contribution in [-0.2, 0) is 0 Å². The van der Waals surface area contributed by atoms with Gasteiger partial charge in [0.25, 0.3) is 5.91 Å². The molecule has 4 nitrogen and oxygen atoms in total. The molecular formula is C15H19N3O. The van der Waals surface area contributed by atoms with Crippen molar-refractivity contribution in [2.45, 2.75) is 13.8 Å². The van der Waals surface area contributed by atoms with Gasteiger partial charge in [0.2, 0.25) is 0 Å². The van der Waals surface area contributed by atoms with Crippen LogP contribution in [0.3, 0.4) is 0 Å². The highest BCUT2D eigenvalue weighted by molar-refractivity contribution is 6.06. The number of carbonyl (C=O) groups is 1. The molecule has 0 fully saturated rings. The van der Waals surface area contributed by atoms with Gasteiger partial charge in [0.15, 0.2) is 0 Å². The van der Waals surface area contributed by atoms with Gasteiger partial charge in [-0.25, -0.2) is 4.98 Å². The summed E-state index contributed by atoms with van der Waals surface area (Å²) in [4.78, 5) is 18.5. The molecule has 0 radical (unpaired) electrons. The van der Waals surface area contributed by atoms with E-state index in [1.807, 2.05) is 31.3 Å². The van der Waals surface area contributed by atoms with Crippen LogP contribution in [0.25, 0.3) is 10.9 Å². The van der Waals surface area contributed by atoms with Gasteiger partial charge >= 0.3 is 0 Å². The lowest BCUT2D eigenvalue weighted by molar-refractivity contribution is 0.0781. The van der Waals surface area contributed by atoms with Crippen molar-refractivity contribution < 1.29 is 4.79 Å². The Morgan fingerprint density at radius 1 is 1.37 bits per heavy atom. The lowest BCUT2D eigenvalue weighted by Gasteiger charge is -2.20. The van der Waals surface area contributed by atoms with E-state index in [0.717, 1.165) is 17.4 Å². The minimum atomic E-state index is -0.0148. The molecule has 19 heavy (non-hydrogen) atoms. The first kappa shape index (κ1) is 13.3. The van der Waals surface area contributed by atoms with E-state index in [4.69, 9.17) is 5.73 Å². The van der Waals surface area contributed by atoms with Crippen LogP contribution in [0.4, 0.5) is 5.82 Å². The molecule has 1 amide bonds. The molecule has 0 aliphatic carbocycles. The quantitative estimate of drug-likeness (QED) is 0.919. The van der Waals surface area contributed by atoms with Crippen LogP contribution in [0.2, 0.25) is 0 Å². The van der Waals surface area contributed by atoms with Crippen molar-refractivity contribution in [2.75, 3.05) is 19.3 Å². The Morgan fingerprint density at radius 3 is 2.74 bits per heavy atom. The van der Waals surface area contributed by atoms with E-state index in [-0.39, 0.29) is 5.91 Å². The Kier molecular flexibility index (Phi) is 3.69. The second kappa shape index (κ2) is 5.26. The normalized spacial score (nSPS) is 10.9. The molecule has 0 spiro atoms. The molecular weight excluding hydrogens is 238 g/mol. The number of fused-ring (bicyclic) bond motifs is 1. The molecule has 1 aromatic carbocycles. The van der Waals surface area contributed by atoms with Gasteiger partial charge in [0.1, 0.15) is 5.82 Å². The number of nitrogens with two attached hydrogens (primary N) is 1. The predicted octanol–water partition coefficient (Wildman–Crippen LogP) is 2.55. The molecule has 2 rings (SSSR count). The first-order chi connectivity index (χ1) is 8.99. The molecule has 1 heterocycles. The Morgan fingerprint density at radius 2 is 2.05 bits per heavy atom. The number of hydrogen-bond acceptors (Lipinski definition) is 3. The number of benzene rings is 1. The number of aromatic nitrogens is 1. The van der Waals surface area contributed by atoms with Crippen molar-refractivity contribution in [3.05, 3.63) is 35.9 Å². The maximum Gasteiger partial charge on any atom is 0.254 e. The standard InChI is InChI=1S/C15H19N3O/c1-10(2)9-18(3)15(19)12-8-14(16)17-13-7-5-4-6-11(12)13/h4-8,10H,9H2,1-3H3,(H2,16,17). The van der Waals surface area contributed by atoms with Crippen molar-refractivity contribution in [1.82, 2.24) is 9.88 Å². The van der Waals surface area contributed by atoms with Crippen LogP contribution in [0.1, 0.15) is 24.2 Å². The number of nitrogen functional groups attached to an aromatic ring is 1. The van der Waals surface area contributed by atoms with E-state index in [1.54, 1.807) is 11.0 Å². The fraction of sp³-hybridized carbons (Fsp3) is 0.333. The SMILES string of the molecule is CC(C)CN(C)C(=O)c1cc(N)nc2ccccc12. The van der Waals surface area contributed by atoms with E-state index < -0.39 is 0 Å². The topological polar surface area (TPSA) is 59.2 Å². The van der Waals surface area contributed by atoms with Crippen molar-refractivity contribution in [3.63, 3.8) is 0 Å². The zero-order valence-electron chi connectivity index (χ0n) is 11.6. The summed E-state index contributed by atoms with van der Waals surface area (Å²) in [7, 11) is 1.81. The van der Waals surface area contributed by atoms with Crippen molar-refractivity contribution >= 4 is 22.6 Å². The van der Waals surface area contributed by atoms with Crippen LogP contribution in [0, 0.1) is 5.92 Å².